The lowest BCUT2D eigenvalue weighted by atomic mass is 10.1. The van der Waals surface area contributed by atoms with E-state index in [1.165, 1.54) is 0 Å². The highest BCUT2D eigenvalue weighted by Crippen LogP contribution is 2.18. The molecule has 0 aliphatic rings. The van der Waals surface area contributed by atoms with Gasteiger partial charge in [-0.25, -0.2) is 4.79 Å². The predicted octanol–water partition coefficient (Wildman–Crippen LogP) is 3.02. The summed E-state index contributed by atoms with van der Waals surface area (Å²) in [6.45, 7) is 6.38. The molecule has 2 aromatic rings. The molecule has 23 heavy (non-hydrogen) atoms. The standard InChI is InChI=1S/C18H19N3O2/c1-4-23-18(22)16(11-19)10-17-13(2)20-21(14(17)3)12-15-8-6-5-7-9-15/h5-10H,4,12H2,1-3H3. The summed E-state index contributed by atoms with van der Waals surface area (Å²) in [5, 5.41) is 13.7. The van der Waals surface area contributed by atoms with Gasteiger partial charge in [-0.3, -0.25) is 4.68 Å². The van der Waals surface area contributed by atoms with Crippen LogP contribution in [-0.4, -0.2) is 22.4 Å². The maximum atomic E-state index is 11.8. The second-order valence-corrected chi connectivity index (χ2v) is 5.12. The van der Waals surface area contributed by atoms with Crippen LogP contribution in [0.2, 0.25) is 0 Å². The van der Waals surface area contributed by atoms with Gasteiger partial charge >= 0.3 is 5.97 Å². The largest absolute Gasteiger partial charge is 0.462 e. The van der Waals surface area contributed by atoms with Crippen LogP contribution in [-0.2, 0) is 16.1 Å². The Labute approximate surface area is 135 Å². The van der Waals surface area contributed by atoms with Gasteiger partial charge in [0.25, 0.3) is 0 Å². The molecule has 5 nitrogen and oxygen atoms in total. The van der Waals surface area contributed by atoms with Crippen molar-refractivity contribution in [2.75, 3.05) is 6.61 Å². The van der Waals surface area contributed by atoms with Crippen molar-refractivity contribution in [3.05, 3.63) is 58.4 Å². The summed E-state index contributed by atoms with van der Waals surface area (Å²) in [6, 6.07) is 11.9. The summed E-state index contributed by atoms with van der Waals surface area (Å²) in [7, 11) is 0. The molecule has 0 bridgehead atoms. The molecular weight excluding hydrogens is 290 g/mol. The first kappa shape index (κ1) is 16.5. The number of nitriles is 1. The van der Waals surface area contributed by atoms with Gasteiger partial charge in [-0.1, -0.05) is 30.3 Å². The third-order valence-corrected chi connectivity index (χ3v) is 3.52. The zero-order valence-electron chi connectivity index (χ0n) is 13.5. The number of hydrogen-bond acceptors (Lipinski definition) is 4. The van der Waals surface area contributed by atoms with Crippen molar-refractivity contribution in [3.63, 3.8) is 0 Å². The number of rotatable bonds is 5. The van der Waals surface area contributed by atoms with E-state index in [4.69, 9.17) is 10.00 Å². The monoisotopic (exact) mass is 309 g/mol. The summed E-state index contributed by atoms with van der Waals surface area (Å²) in [6.07, 6.45) is 1.55. The van der Waals surface area contributed by atoms with E-state index >= 15 is 0 Å². The molecule has 0 radical (unpaired) electrons. The zero-order valence-corrected chi connectivity index (χ0v) is 13.5. The Morgan fingerprint density at radius 1 is 1.35 bits per heavy atom. The van der Waals surface area contributed by atoms with E-state index in [1.54, 1.807) is 13.0 Å². The molecule has 0 N–H and O–H groups in total. The Morgan fingerprint density at radius 3 is 2.65 bits per heavy atom. The van der Waals surface area contributed by atoms with E-state index in [9.17, 15) is 4.79 Å². The van der Waals surface area contributed by atoms with E-state index in [1.807, 2.05) is 54.9 Å². The Balaban J connectivity index is 2.34. The quantitative estimate of drug-likeness (QED) is 0.484. The zero-order chi connectivity index (χ0) is 16.8. The average molecular weight is 309 g/mol. The Morgan fingerprint density at radius 2 is 2.04 bits per heavy atom. The molecule has 2 rings (SSSR count). The molecule has 0 spiro atoms. The van der Waals surface area contributed by atoms with Gasteiger partial charge in [0.05, 0.1) is 18.8 Å². The number of benzene rings is 1. The normalized spacial score (nSPS) is 11.1. The van der Waals surface area contributed by atoms with Crippen molar-refractivity contribution in [1.29, 1.82) is 5.26 Å². The van der Waals surface area contributed by atoms with Gasteiger partial charge in [0.1, 0.15) is 11.6 Å². The molecule has 0 saturated heterocycles. The van der Waals surface area contributed by atoms with Crippen molar-refractivity contribution in [2.45, 2.75) is 27.3 Å². The average Bonchev–Trinajstić information content (AvgIpc) is 2.80. The van der Waals surface area contributed by atoms with Crippen LogP contribution in [0.3, 0.4) is 0 Å². The minimum atomic E-state index is -0.607. The first-order chi connectivity index (χ1) is 11.1. The molecule has 0 saturated carbocycles. The molecule has 1 heterocycles. The number of nitrogens with zero attached hydrogens (tertiary/aromatic N) is 3. The smallest absolute Gasteiger partial charge is 0.348 e. The van der Waals surface area contributed by atoms with Crippen molar-refractivity contribution in [2.24, 2.45) is 0 Å². The van der Waals surface area contributed by atoms with Crippen LogP contribution in [0.25, 0.3) is 6.08 Å². The van der Waals surface area contributed by atoms with Crippen LogP contribution in [0.1, 0.15) is 29.4 Å². The molecule has 1 aromatic heterocycles. The van der Waals surface area contributed by atoms with Gasteiger partial charge in [-0.05, 0) is 32.4 Å². The number of carbonyl (C=O) groups is 1. The second-order valence-electron chi connectivity index (χ2n) is 5.12. The van der Waals surface area contributed by atoms with Crippen molar-refractivity contribution in [3.8, 4) is 6.07 Å². The Hall–Kier alpha value is -2.87. The first-order valence-electron chi connectivity index (χ1n) is 7.43. The van der Waals surface area contributed by atoms with Crippen LogP contribution >= 0.6 is 0 Å². The maximum Gasteiger partial charge on any atom is 0.348 e. The lowest BCUT2D eigenvalue weighted by molar-refractivity contribution is -0.137. The predicted molar refractivity (Wildman–Crippen MR) is 87.5 cm³/mol. The summed E-state index contributed by atoms with van der Waals surface area (Å²) in [5.74, 6) is -0.607. The minimum absolute atomic E-state index is 0.0164. The topological polar surface area (TPSA) is 67.9 Å². The van der Waals surface area contributed by atoms with Crippen LogP contribution in [0.5, 0.6) is 0 Å². The number of ether oxygens (including phenoxy) is 1. The molecular formula is C18H19N3O2. The van der Waals surface area contributed by atoms with E-state index in [0.29, 0.717) is 6.54 Å². The summed E-state index contributed by atoms with van der Waals surface area (Å²) >= 11 is 0. The summed E-state index contributed by atoms with van der Waals surface area (Å²) in [4.78, 5) is 11.8. The molecule has 0 aliphatic carbocycles. The Kier molecular flexibility index (Phi) is 5.32. The lowest BCUT2D eigenvalue weighted by Crippen LogP contribution is -2.06. The van der Waals surface area contributed by atoms with Crippen molar-refractivity contribution in [1.82, 2.24) is 9.78 Å². The molecule has 0 amide bonds. The second kappa shape index (κ2) is 7.41. The number of hydrogen-bond donors (Lipinski definition) is 0. The SMILES string of the molecule is CCOC(=O)C(C#N)=Cc1c(C)nn(Cc2ccccc2)c1C. The third-order valence-electron chi connectivity index (χ3n) is 3.52. The third kappa shape index (κ3) is 3.86. The highest BCUT2D eigenvalue weighted by Gasteiger charge is 2.15. The van der Waals surface area contributed by atoms with Gasteiger partial charge in [-0.2, -0.15) is 10.4 Å². The van der Waals surface area contributed by atoms with Crippen molar-refractivity contribution >= 4 is 12.0 Å². The molecule has 0 fully saturated rings. The summed E-state index contributed by atoms with van der Waals surface area (Å²) < 4.78 is 6.76. The molecule has 1 aromatic carbocycles. The van der Waals surface area contributed by atoms with Gasteiger partial charge in [-0.15, -0.1) is 0 Å². The number of carbonyl (C=O) groups excluding carboxylic acids is 1. The minimum Gasteiger partial charge on any atom is -0.462 e. The fraction of sp³-hybridized carbons (Fsp3) is 0.278. The Bertz CT molecular complexity index is 768. The van der Waals surface area contributed by atoms with Crippen molar-refractivity contribution < 1.29 is 9.53 Å². The van der Waals surface area contributed by atoms with Crippen LogP contribution in [0, 0.1) is 25.2 Å². The van der Waals surface area contributed by atoms with Gasteiger partial charge in [0, 0.05) is 11.3 Å². The highest BCUT2D eigenvalue weighted by molar-refractivity contribution is 5.98. The fourth-order valence-electron chi connectivity index (χ4n) is 2.32. The van der Waals surface area contributed by atoms with Crippen LogP contribution in [0.4, 0.5) is 0 Å². The first-order valence-corrected chi connectivity index (χ1v) is 7.43. The lowest BCUT2D eigenvalue weighted by Gasteiger charge is -2.05. The van der Waals surface area contributed by atoms with E-state index in [-0.39, 0.29) is 12.2 Å². The molecule has 0 unspecified atom stereocenters. The van der Waals surface area contributed by atoms with Crippen LogP contribution < -0.4 is 0 Å². The molecule has 0 atom stereocenters. The highest BCUT2D eigenvalue weighted by atomic mass is 16.5. The number of aromatic nitrogens is 2. The molecule has 118 valence electrons. The fourth-order valence-corrected chi connectivity index (χ4v) is 2.32. The van der Waals surface area contributed by atoms with Gasteiger partial charge < -0.3 is 4.74 Å². The number of aryl methyl sites for hydroxylation is 1. The maximum absolute atomic E-state index is 11.8. The van der Waals surface area contributed by atoms with Gasteiger partial charge in [0.2, 0.25) is 0 Å². The van der Waals surface area contributed by atoms with Gasteiger partial charge in [0.15, 0.2) is 0 Å². The van der Waals surface area contributed by atoms with E-state index in [2.05, 4.69) is 5.10 Å². The molecule has 0 aliphatic heterocycles. The van der Waals surface area contributed by atoms with E-state index < -0.39 is 5.97 Å². The van der Waals surface area contributed by atoms with Crippen LogP contribution in [0.15, 0.2) is 35.9 Å². The molecule has 5 heteroatoms. The summed E-state index contributed by atoms with van der Waals surface area (Å²) in [5.41, 5.74) is 3.58. The number of esters is 1. The van der Waals surface area contributed by atoms with E-state index in [0.717, 1.165) is 22.5 Å².